The van der Waals surface area contributed by atoms with E-state index in [0.29, 0.717) is 23.7 Å². The van der Waals surface area contributed by atoms with Gasteiger partial charge in [-0.25, -0.2) is 14.8 Å². The zero-order chi connectivity index (χ0) is 24.2. The van der Waals surface area contributed by atoms with E-state index in [9.17, 15) is 14.7 Å². The number of hydrogen-bond donors (Lipinski definition) is 4. The van der Waals surface area contributed by atoms with Gasteiger partial charge in [-0.1, -0.05) is 24.3 Å². The highest BCUT2D eigenvalue weighted by Crippen LogP contribution is 2.26. The topological polar surface area (TPSA) is 125 Å². The highest BCUT2D eigenvalue weighted by molar-refractivity contribution is 6.05. The largest absolute Gasteiger partial charge is 0.478 e. The van der Waals surface area contributed by atoms with E-state index >= 15 is 0 Å². The molecule has 2 heterocycles. The molecule has 0 saturated carbocycles. The smallest absolute Gasteiger partial charge is 0.335 e. The van der Waals surface area contributed by atoms with E-state index in [1.807, 2.05) is 12.1 Å². The monoisotopic (exact) mass is 473 g/mol. The summed E-state index contributed by atoms with van der Waals surface area (Å²) in [5.74, 6) is -0.955. The van der Waals surface area contributed by atoms with E-state index in [1.165, 1.54) is 29.6 Å². The van der Waals surface area contributed by atoms with Gasteiger partial charge in [0, 0.05) is 25.3 Å². The minimum atomic E-state index is -1.07. The molecule has 0 bridgehead atoms. The molecule has 9 nitrogen and oxygen atoms in total. The normalized spacial score (nSPS) is 17.1. The Kier molecular flexibility index (Phi) is 6.58. The lowest BCUT2D eigenvalue weighted by molar-refractivity contribution is 0.0696. The van der Waals surface area contributed by atoms with Crippen LogP contribution in [-0.2, 0) is 17.6 Å². The molecule has 9 heteroatoms. The van der Waals surface area contributed by atoms with Crippen LogP contribution in [0.2, 0.25) is 0 Å². The number of carbonyl (C=O) groups excluding carboxylic acids is 1. The Morgan fingerprint density at radius 3 is 2.54 bits per heavy atom. The summed E-state index contributed by atoms with van der Waals surface area (Å²) in [6, 6.07) is 14.7. The van der Waals surface area contributed by atoms with E-state index in [0.717, 1.165) is 32.3 Å². The molecule has 1 unspecified atom stereocenters. The van der Waals surface area contributed by atoms with Crippen molar-refractivity contribution in [3.05, 3.63) is 77.2 Å². The van der Waals surface area contributed by atoms with Gasteiger partial charge in [-0.2, -0.15) is 0 Å². The second-order valence-electron chi connectivity index (χ2n) is 8.84. The van der Waals surface area contributed by atoms with Crippen LogP contribution in [0.5, 0.6) is 0 Å². The quantitative estimate of drug-likeness (QED) is 0.391. The van der Waals surface area contributed by atoms with Gasteiger partial charge in [0.2, 0.25) is 0 Å². The van der Waals surface area contributed by atoms with Crippen molar-refractivity contribution >= 4 is 29.1 Å². The number of rotatable bonds is 8. The van der Waals surface area contributed by atoms with Gasteiger partial charge in [-0.3, -0.25) is 4.79 Å². The molecule has 1 aromatic heterocycles. The summed E-state index contributed by atoms with van der Waals surface area (Å²) in [5, 5.41) is 18.9. The second-order valence-corrected chi connectivity index (χ2v) is 8.84. The van der Waals surface area contributed by atoms with Crippen LogP contribution >= 0.6 is 0 Å². The predicted molar refractivity (Wildman–Crippen MR) is 132 cm³/mol. The van der Waals surface area contributed by atoms with Crippen molar-refractivity contribution in [2.45, 2.75) is 37.8 Å². The summed E-state index contributed by atoms with van der Waals surface area (Å²) < 4.78 is 5.65. The fraction of sp³-hybridized carbons (Fsp3) is 0.308. The molecule has 1 amide bonds. The van der Waals surface area contributed by atoms with Crippen LogP contribution in [-0.4, -0.2) is 52.2 Å². The average molecular weight is 474 g/mol. The van der Waals surface area contributed by atoms with E-state index in [-0.39, 0.29) is 23.4 Å². The molecule has 4 N–H and O–H groups in total. The van der Waals surface area contributed by atoms with Crippen LogP contribution in [0.15, 0.2) is 54.9 Å². The summed E-state index contributed by atoms with van der Waals surface area (Å²) in [4.78, 5) is 32.9. The first-order chi connectivity index (χ1) is 17.0. The summed E-state index contributed by atoms with van der Waals surface area (Å²) in [7, 11) is 0. The van der Waals surface area contributed by atoms with Crippen molar-refractivity contribution in [2.24, 2.45) is 0 Å². The van der Waals surface area contributed by atoms with Gasteiger partial charge in [0.15, 0.2) is 0 Å². The Morgan fingerprint density at radius 2 is 1.83 bits per heavy atom. The number of hydrogen-bond acceptors (Lipinski definition) is 7. The number of nitrogens with zero attached hydrogens (tertiary/aromatic N) is 2. The lowest BCUT2D eigenvalue weighted by atomic mass is 10.1. The molecule has 2 aromatic carbocycles. The molecule has 0 radical (unpaired) electrons. The zero-order valence-electron chi connectivity index (χ0n) is 19.2. The van der Waals surface area contributed by atoms with Gasteiger partial charge in [-0.15, -0.1) is 0 Å². The molecule has 1 saturated heterocycles. The Balaban J connectivity index is 1.29. The summed E-state index contributed by atoms with van der Waals surface area (Å²) in [5.41, 5.74) is 3.89. The lowest BCUT2D eigenvalue weighted by Crippen LogP contribution is -2.22. The highest BCUT2D eigenvalue weighted by Gasteiger charge is 2.22. The van der Waals surface area contributed by atoms with Crippen molar-refractivity contribution in [2.75, 3.05) is 29.1 Å². The molecule has 1 atom stereocenters. The second kappa shape index (κ2) is 10.1. The number of aromatic nitrogens is 2. The van der Waals surface area contributed by atoms with Crippen LogP contribution in [0.25, 0.3) is 0 Å². The van der Waals surface area contributed by atoms with Gasteiger partial charge < -0.3 is 25.8 Å². The maximum absolute atomic E-state index is 13.0. The Hall–Kier alpha value is -3.98. The van der Waals surface area contributed by atoms with Gasteiger partial charge in [0.05, 0.1) is 23.0 Å². The summed E-state index contributed by atoms with van der Waals surface area (Å²) >= 11 is 0. The van der Waals surface area contributed by atoms with Gasteiger partial charge in [0.25, 0.3) is 5.91 Å². The van der Waals surface area contributed by atoms with Crippen LogP contribution in [0, 0.1) is 0 Å². The molecule has 1 aliphatic carbocycles. The van der Waals surface area contributed by atoms with Gasteiger partial charge in [0.1, 0.15) is 17.8 Å². The number of carboxylic acids is 1. The third-order valence-corrected chi connectivity index (χ3v) is 6.36. The molecule has 1 fully saturated rings. The first-order valence-corrected chi connectivity index (χ1v) is 11.7. The van der Waals surface area contributed by atoms with E-state index < -0.39 is 11.9 Å². The van der Waals surface area contributed by atoms with Gasteiger partial charge in [-0.05, 0) is 55.0 Å². The highest BCUT2D eigenvalue weighted by atomic mass is 16.5. The molecular formula is C26H27N5O4. The van der Waals surface area contributed by atoms with E-state index in [2.05, 4.69) is 38.1 Å². The van der Waals surface area contributed by atoms with E-state index in [1.54, 1.807) is 12.1 Å². The van der Waals surface area contributed by atoms with Crippen molar-refractivity contribution in [3.63, 3.8) is 0 Å². The summed E-state index contributed by atoms with van der Waals surface area (Å²) in [6.45, 7) is 1.31. The third kappa shape index (κ3) is 5.41. The number of carbonyl (C=O) groups is 2. The number of nitrogens with one attached hydrogen (secondary N) is 3. The van der Waals surface area contributed by atoms with E-state index in [4.69, 9.17) is 4.74 Å². The van der Waals surface area contributed by atoms with Crippen molar-refractivity contribution in [1.82, 2.24) is 9.97 Å². The van der Waals surface area contributed by atoms with Crippen molar-refractivity contribution < 1.29 is 19.4 Å². The average Bonchev–Trinajstić information content (AvgIpc) is 3.52. The van der Waals surface area contributed by atoms with Crippen molar-refractivity contribution in [3.8, 4) is 0 Å². The SMILES string of the molecule is O=C(O)c1ccc(NCC2CCCO2)c(NC(=O)c2cc(NC3Cc4ccccc4C3)ncn2)c1. The number of aromatic carboxylic acids is 1. The van der Waals surface area contributed by atoms with Crippen LogP contribution in [0.4, 0.5) is 17.2 Å². The zero-order valence-corrected chi connectivity index (χ0v) is 19.2. The molecular weight excluding hydrogens is 446 g/mol. The van der Waals surface area contributed by atoms with Gasteiger partial charge >= 0.3 is 5.97 Å². The standard InChI is InChI=1S/C26H27N5O4/c32-25(23-13-24(29-15-28-23)30-19-10-16-4-1-2-5-17(16)11-19)31-22-12-18(26(33)34)7-8-21(22)27-14-20-6-3-9-35-20/h1-2,4-5,7-8,12-13,15,19-20,27H,3,6,9-11,14H2,(H,31,32)(H,33,34)(H,28,29,30). The molecule has 1 aliphatic heterocycles. The lowest BCUT2D eigenvalue weighted by Gasteiger charge is -2.17. The number of fused-ring (bicyclic) bond motifs is 1. The van der Waals surface area contributed by atoms with Crippen molar-refractivity contribution in [1.29, 1.82) is 0 Å². The number of benzene rings is 2. The molecule has 3 aromatic rings. The maximum atomic E-state index is 13.0. The predicted octanol–water partition coefficient (Wildman–Crippen LogP) is 3.60. The number of anilines is 3. The Labute approximate surface area is 203 Å². The minimum Gasteiger partial charge on any atom is -0.478 e. The Morgan fingerprint density at radius 1 is 1.03 bits per heavy atom. The number of carboxylic acid groups (broad SMARTS) is 1. The van der Waals surface area contributed by atoms with Crippen LogP contribution < -0.4 is 16.0 Å². The molecule has 35 heavy (non-hydrogen) atoms. The minimum absolute atomic E-state index is 0.0776. The summed E-state index contributed by atoms with van der Waals surface area (Å²) in [6.07, 6.45) is 5.21. The molecule has 5 rings (SSSR count). The first-order valence-electron chi connectivity index (χ1n) is 11.7. The molecule has 180 valence electrons. The fourth-order valence-electron chi connectivity index (χ4n) is 4.58. The number of amides is 1. The van der Waals surface area contributed by atoms with Crippen LogP contribution in [0.1, 0.15) is 44.8 Å². The fourth-order valence-corrected chi connectivity index (χ4v) is 4.58. The molecule has 0 spiro atoms. The van der Waals surface area contributed by atoms with Crippen LogP contribution in [0.3, 0.4) is 0 Å². The maximum Gasteiger partial charge on any atom is 0.335 e. The third-order valence-electron chi connectivity index (χ3n) is 6.36. The number of ether oxygens (including phenoxy) is 1. The first kappa shape index (κ1) is 22.8. The molecule has 2 aliphatic rings. The Bertz CT molecular complexity index is 1220.